The first-order valence-corrected chi connectivity index (χ1v) is 24.4. The number of allylic oxidation sites excluding steroid dienone is 2. The monoisotopic (exact) mass is 886 g/mol. The fraction of sp³-hybridized carbons (Fsp3) is 0.519. The van der Waals surface area contributed by atoms with Crippen LogP contribution in [-0.4, -0.2) is 72.8 Å². The zero-order valence-corrected chi connectivity index (χ0v) is 39.8. The van der Waals surface area contributed by atoms with Crippen LogP contribution in [0.5, 0.6) is 0 Å². The van der Waals surface area contributed by atoms with E-state index in [1.54, 1.807) is 13.1 Å². The summed E-state index contributed by atoms with van der Waals surface area (Å²) in [4.78, 5) is 19.3. The Morgan fingerprint density at radius 2 is 1.74 bits per heavy atom. The predicted molar refractivity (Wildman–Crippen MR) is 267 cm³/mol. The topological polar surface area (TPSA) is 74.8 Å². The van der Waals surface area contributed by atoms with Gasteiger partial charge in [-0.15, -0.1) is 6.58 Å². The minimum atomic E-state index is -0.526. The molecule has 2 saturated carbocycles. The van der Waals surface area contributed by atoms with Crippen LogP contribution in [0.1, 0.15) is 120 Å². The van der Waals surface area contributed by atoms with Crippen LogP contribution < -0.4 is 30.7 Å². The number of nitrogens with zero attached hydrogens (tertiary/aromatic N) is 6. The molecule has 1 spiro atoms. The van der Waals surface area contributed by atoms with Gasteiger partial charge in [0, 0.05) is 109 Å². The Kier molecular flexibility index (Phi) is 13.4. The van der Waals surface area contributed by atoms with Crippen molar-refractivity contribution >= 4 is 34.5 Å². The Morgan fingerprint density at radius 3 is 2.38 bits per heavy atom. The quantitative estimate of drug-likeness (QED) is 0.102. The normalized spacial score (nSPS) is 21.4. The maximum absolute atomic E-state index is 15.7. The van der Waals surface area contributed by atoms with Gasteiger partial charge >= 0.3 is 0 Å². The first-order valence-electron chi connectivity index (χ1n) is 24.4. The van der Waals surface area contributed by atoms with E-state index in [4.69, 9.17) is 9.97 Å². The average molecular weight is 886 g/mol. The van der Waals surface area contributed by atoms with E-state index >= 15 is 8.78 Å². The molecule has 3 unspecified atom stereocenters. The first-order chi connectivity index (χ1) is 31.3. The SMILES string of the molecule is C=CCCC(C(=C)NC)c1c(F)cc(N2CCC(C(=C)N3CC4(C3)CC(CCC)(NC(=C)c3ccc(Nc5ncc6c(n5)N(C5CCCC5)C(CC)C(=C)N6C)c(CC)c3)C4)C2)cc1F. The zero-order chi connectivity index (χ0) is 46.2. The van der Waals surface area contributed by atoms with Gasteiger partial charge in [0.25, 0.3) is 0 Å². The van der Waals surface area contributed by atoms with E-state index in [0.717, 1.165) is 104 Å². The van der Waals surface area contributed by atoms with E-state index in [9.17, 15) is 0 Å². The van der Waals surface area contributed by atoms with Gasteiger partial charge < -0.3 is 35.6 Å². The van der Waals surface area contributed by atoms with E-state index < -0.39 is 17.6 Å². The van der Waals surface area contributed by atoms with Gasteiger partial charge in [-0.05, 0) is 99.6 Å². The second kappa shape index (κ2) is 18.9. The lowest BCUT2D eigenvalue weighted by atomic mass is 9.52. The highest BCUT2D eigenvalue weighted by Gasteiger charge is 2.60. The maximum atomic E-state index is 15.7. The zero-order valence-electron chi connectivity index (χ0n) is 39.8. The molecule has 4 heterocycles. The van der Waals surface area contributed by atoms with Crippen molar-refractivity contribution in [3.63, 3.8) is 0 Å². The van der Waals surface area contributed by atoms with Gasteiger partial charge in [0.2, 0.25) is 5.95 Å². The van der Waals surface area contributed by atoms with Crippen molar-refractivity contribution in [3.05, 3.63) is 121 Å². The van der Waals surface area contributed by atoms with Gasteiger partial charge in [-0.3, -0.25) is 0 Å². The molecular formula is C54H73F2N9. The van der Waals surface area contributed by atoms with Crippen LogP contribution in [-0.2, 0) is 6.42 Å². The van der Waals surface area contributed by atoms with Gasteiger partial charge in [-0.2, -0.15) is 4.98 Å². The van der Waals surface area contributed by atoms with Crippen LogP contribution in [0.25, 0.3) is 5.70 Å². The molecule has 0 radical (unpaired) electrons. The molecule has 3 aromatic rings. The number of aromatic nitrogens is 2. The maximum Gasteiger partial charge on any atom is 0.229 e. The molecule has 3 N–H and O–H groups in total. The Morgan fingerprint density at radius 1 is 1.02 bits per heavy atom. The minimum Gasteiger partial charge on any atom is -0.391 e. The van der Waals surface area contributed by atoms with Crippen LogP contribution in [0.3, 0.4) is 0 Å². The summed E-state index contributed by atoms with van der Waals surface area (Å²) in [7, 11) is 3.82. The number of hydrogen-bond donors (Lipinski definition) is 3. The summed E-state index contributed by atoms with van der Waals surface area (Å²) < 4.78 is 31.3. The number of benzene rings is 2. The molecule has 2 saturated heterocycles. The van der Waals surface area contributed by atoms with Crippen molar-refractivity contribution in [3.8, 4) is 0 Å². The number of likely N-dealkylation sites (tertiary alicyclic amines) is 1. The number of nitrogens with one attached hydrogen (secondary N) is 3. The molecule has 348 valence electrons. The van der Waals surface area contributed by atoms with Crippen LogP contribution in [0.2, 0.25) is 0 Å². The van der Waals surface area contributed by atoms with Crippen LogP contribution in [0, 0.1) is 23.0 Å². The molecule has 1 aromatic heterocycles. The molecule has 4 fully saturated rings. The molecule has 0 amide bonds. The van der Waals surface area contributed by atoms with Crippen molar-refractivity contribution < 1.29 is 8.78 Å². The van der Waals surface area contributed by atoms with E-state index in [1.165, 1.54) is 43.4 Å². The number of fused-ring (bicyclic) bond motifs is 1. The number of anilines is 5. The molecule has 9 nitrogen and oxygen atoms in total. The molecule has 5 aliphatic rings. The smallest absolute Gasteiger partial charge is 0.229 e. The number of likely N-dealkylation sites (N-methyl/N-ethyl adjacent to an activating group) is 2. The first kappa shape index (κ1) is 46.2. The van der Waals surface area contributed by atoms with Crippen LogP contribution >= 0.6 is 0 Å². The van der Waals surface area contributed by atoms with Crippen molar-refractivity contribution in [2.75, 3.05) is 60.3 Å². The lowest BCUT2D eigenvalue weighted by molar-refractivity contribution is -0.104. The van der Waals surface area contributed by atoms with E-state index in [-0.39, 0.29) is 28.5 Å². The van der Waals surface area contributed by atoms with Gasteiger partial charge in [0.05, 0.1) is 12.2 Å². The van der Waals surface area contributed by atoms with Crippen molar-refractivity contribution in [1.29, 1.82) is 0 Å². The summed E-state index contributed by atoms with van der Waals surface area (Å²) >= 11 is 0. The summed E-state index contributed by atoms with van der Waals surface area (Å²) in [6, 6.07) is 10.3. The molecule has 0 bridgehead atoms. The Bertz CT molecular complexity index is 2280. The Labute approximate surface area is 387 Å². The third-order valence-electron chi connectivity index (χ3n) is 15.6. The average Bonchev–Trinajstić information content (AvgIpc) is 4.00. The molecule has 3 aliphatic heterocycles. The summed E-state index contributed by atoms with van der Waals surface area (Å²) in [6.07, 6.45) is 16.9. The molecule has 8 rings (SSSR count). The third kappa shape index (κ3) is 8.88. The summed E-state index contributed by atoms with van der Waals surface area (Å²) in [6.45, 7) is 31.6. The molecule has 3 atom stereocenters. The molecule has 2 aliphatic carbocycles. The third-order valence-corrected chi connectivity index (χ3v) is 15.6. The summed E-state index contributed by atoms with van der Waals surface area (Å²) in [5.74, 6) is 0.338. The lowest BCUT2D eigenvalue weighted by Gasteiger charge is -2.66. The van der Waals surface area contributed by atoms with E-state index in [1.807, 2.05) is 6.20 Å². The van der Waals surface area contributed by atoms with Gasteiger partial charge in [-0.25, -0.2) is 13.8 Å². The predicted octanol–water partition coefficient (Wildman–Crippen LogP) is 11.6. The standard InChI is InChI=1S/C54H73F2N9/c1-11-15-20-44(36(6)57-9)50-45(55)27-43(28-46(50)56)63-25-23-41(30-63)37(7)64-33-53(34-64)31-54(32-53,24-12-2)61-35(5)40-21-22-47(39(13-3)26-40)59-52-58-29-49-51(60-52)65(42-18-16-17-19-42)48(14-4)38(8)62(49)10/h11,21-22,26-29,41-42,44,48,57,61H,1,5-8,12-20,23-25,30-34H2,2-4,9-10H3,(H,58,59,60). The Hall–Kier alpha value is -5.32. The number of aryl methyl sites for hydroxylation is 1. The number of rotatable bonds is 19. The highest BCUT2D eigenvalue weighted by atomic mass is 19.1. The highest BCUT2D eigenvalue weighted by Crippen LogP contribution is 2.57. The van der Waals surface area contributed by atoms with Crippen LogP contribution in [0.15, 0.2) is 92.6 Å². The number of halogens is 2. The highest BCUT2D eigenvalue weighted by molar-refractivity contribution is 5.76. The van der Waals surface area contributed by atoms with E-state index in [0.29, 0.717) is 42.8 Å². The lowest BCUT2D eigenvalue weighted by Crippen LogP contribution is -2.71. The summed E-state index contributed by atoms with van der Waals surface area (Å²) in [5, 5.41) is 10.6. The van der Waals surface area contributed by atoms with Crippen molar-refractivity contribution in [2.45, 2.75) is 128 Å². The van der Waals surface area contributed by atoms with E-state index in [2.05, 4.69) is 114 Å². The molecular weight excluding hydrogens is 813 g/mol. The molecule has 65 heavy (non-hydrogen) atoms. The van der Waals surface area contributed by atoms with Crippen molar-refractivity contribution in [1.82, 2.24) is 25.5 Å². The fourth-order valence-corrected chi connectivity index (χ4v) is 12.2. The van der Waals surface area contributed by atoms with Gasteiger partial charge in [0.15, 0.2) is 5.82 Å². The van der Waals surface area contributed by atoms with Crippen LogP contribution in [0.4, 0.5) is 37.6 Å². The largest absolute Gasteiger partial charge is 0.391 e. The second-order valence-corrected chi connectivity index (χ2v) is 19.9. The molecule has 2 aromatic carbocycles. The summed E-state index contributed by atoms with van der Waals surface area (Å²) in [5.41, 5.74) is 9.07. The molecule has 11 heteroatoms. The fourth-order valence-electron chi connectivity index (χ4n) is 12.2. The van der Waals surface area contributed by atoms with Gasteiger partial charge in [0.1, 0.15) is 17.3 Å². The Balaban J connectivity index is 0.878. The van der Waals surface area contributed by atoms with Gasteiger partial charge in [-0.1, -0.05) is 78.5 Å². The van der Waals surface area contributed by atoms with Crippen molar-refractivity contribution in [2.24, 2.45) is 11.3 Å². The minimum absolute atomic E-state index is 0.00818. The second-order valence-electron chi connectivity index (χ2n) is 19.9. The number of hydrogen-bond acceptors (Lipinski definition) is 9.